The highest BCUT2D eigenvalue weighted by Gasteiger charge is 2.32. The Balaban J connectivity index is 1.81. The third-order valence-electron chi connectivity index (χ3n) is 5.92. The van der Waals surface area contributed by atoms with Crippen molar-refractivity contribution in [1.29, 1.82) is 0 Å². The van der Waals surface area contributed by atoms with Crippen molar-refractivity contribution in [3.05, 3.63) is 29.8 Å². The Kier molecular flexibility index (Phi) is 6.23. The maximum atomic E-state index is 13.1. The smallest absolute Gasteiger partial charge is 0.253 e. The fourth-order valence-corrected chi connectivity index (χ4v) is 5.91. The summed E-state index contributed by atoms with van der Waals surface area (Å²) < 4.78 is 27.7. The van der Waals surface area contributed by atoms with Gasteiger partial charge in [0.05, 0.1) is 4.90 Å². The van der Waals surface area contributed by atoms with Crippen LogP contribution in [0.2, 0.25) is 0 Å². The molecule has 27 heavy (non-hydrogen) atoms. The normalized spacial score (nSPS) is 26.0. The summed E-state index contributed by atoms with van der Waals surface area (Å²) in [5.41, 5.74) is 6.46. The molecule has 0 radical (unpaired) electrons. The number of sulfonamides is 1. The van der Waals surface area contributed by atoms with E-state index >= 15 is 0 Å². The summed E-state index contributed by atoms with van der Waals surface area (Å²) >= 11 is 0. The van der Waals surface area contributed by atoms with E-state index in [4.69, 9.17) is 5.73 Å². The van der Waals surface area contributed by atoms with Crippen LogP contribution >= 0.6 is 0 Å². The zero-order valence-electron chi connectivity index (χ0n) is 16.3. The number of likely N-dealkylation sites (tertiary alicyclic amines) is 1. The highest BCUT2D eigenvalue weighted by Crippen LogP contribution is 2.26. The number of amides is 1. The number of carbonyl (C=O) groups is 1. The van der Waals surface area contributed by atoms with Gasteiger partial charge < -0.3 is 10.6 Å². The van der Waals surface area contributed by atoms with Crippen molar-refractivity contribution in [3.8, 4) is 0 Å². The van der Waals surface area contributed by atoms with Crippen LogP contribution in [0.3, 0.4) is 0 Å². The van der Waals surface area contributed by atoms with Crippen LogP contribution in [0.4, 0.5) is 0 Å². The minimum atomic E-state index is -3.58. The predicted octanol–water partition coefficient (Wildman–Crippen LogP) is 2.45. The van der Waals surface area contributed by atoms with Gasteiger partial charge >= 0.3 is 0 Å². The molecule has 150 valence electrons. The Morgan fingerprint density at radius 2 is 1.96 bits per heavy atom. The van der Waals surface area contributed by atoms with E-state index in [-0.39, 0.29) is 22.9 Å². The topological polar surface area (TPSA) is 83.7 Å². The van der Waals surface area contributed by atoms with Crippen LogP contribution in [0, 0.1) is 5.92 Å². The maximum Gasteiger partial charge on any atom is 0.253 e. The van der Waals surface area contributed by atoms with E-state index in [0.29, 0.717) is 31.1 Å². The van der Waals surface area contributed by atoms with Crippen molar-refractivity contribution >= 4 is 15.9 Å². The van der Waals surface area contributed by atoms with E-state index in [1.807, 2.05) is 18.7 Å². The standard InChI is InChI=1S/C20H31N3O3S/c1-15-7-3-4-12-23(15)27(25,26)19-10-5-8-17(13-19)20(24)22-11-6-9-18(14-22)16(2)21/h5,8,10,13,15-16,18H,3-4,6-7,9,11-12,14,21H2,1-2H3. The zero-order chi connectivity index (χ0) is 19.6. The van der Waals surface area contributed by atoms with Crippen molar-refractivity contribution < 1.29 is 13.2 Å². The molecule has 0 aliphatic carbocycles. The number of nitrogens with two attached hydrogens (primary N) is 1. The fourth-order valence-electron chi connectivity index (χ4n) is 4.16. The van der Waals surface area contributed by atoms with E-state index in [2.05, 4.69) is 0 Å². The van der Waals surface area contributed by atoms with E-state index in [9.17, 15) is 13.2 Å². The van der Waals surface area contributed by atoms with Gasteiger partial charge in [-0.15, -0.1) is 0 Å². The van der Waals surface area contributed by atoms with Crippen LogP contribution < -0.4 is 5.73 Å². The summed E-state index contributed by atoms with van der Waals surface area (Å²) in [6.45, 7) is 5.81. The number of hydrogen-bond acceptors (Lipinski definition) is 4. The van der Waals surface area contributed by atoms with E-state index in [0.717, 1.165) is 32.1 Å². The molecule has 1 amide bonds. The third-order valence-corrected chi connectivity index (χ3v) is 7.93. The molecule has 0 bridgehead atoms. The van der Waals surface area contributed by atoms with Gasteiger partial charge in [-0.3, -0.25) is 4.79 Å². The monoisotopic (exact) mass is 393 g/mol. The number of nitrogens with zero attached hydrogens (tertiary/aromatic N) is 2. The summed E-state index contributed by atoms with van der Waals surface area (Å²) in [4.78, 5) is 15.0. The second-order valence-corrected chi connectivity index (χ2v) is 9.89. The lowest BCUT2D eigenvalue weighted by Gasteiger charge is -2.35. The Hall–Kier alpha value is -1.44. The molecule has 2 aliphatic heterocycles. The highest BCUT2D eigenvalue weighted by molar-refractivity contribution is 7.89. The van der Waals surface area contributed by atoms with Crippen LogP contribution in [-0.4, -0.2) is 55.2 Å². The first-order chi connectivity index (χ1) is 12.8. The molecule has 7 heteroatoms. The molecule has 3 unspecified atom stereocenters. The molecule has 2 aliphatic rings. The average molecular weight is 394 g/mol. The molecule has 1 aromatic rings. The van der Waals surface area contributed by atoms with Crippen LogP contribution in [0.15, 0.2) is 29.2 Å². The van der Waals surface area contributed by atoms with Gasteiger partial charge in [0.15, 0.2) is 0 Å². The molecule has 2 N–H and O–H groups in total. The molecule has 3 atom stereocenters. The number of benzene rings is 1. The van der Waals surface area contributed by atoms with Gasteiger partial charge in [-0.05, 0) is 63.6 Å². The van der Waals surface area contributed by atoms with Gasteiger partial charge in [-0.1, -0.05) is 12.5 Å². The Labute approximate surface area is 162 Å². The summed E-state index contributed by atoms with van der Waals surface area (Å²) in [7, 11) is -3.58. The lowest BCUT2D eigenvalue weighted by atomic mass is 9.92. The first-order valence-corrected chi connectivity index (χ1v) is 11.4. The van der Waals surface area contributed by atoms with Gasteiger partial charge in [0.1, 0.15) is 0 Å². The average Bonchev–Trinajstić information content (AvgIpc) is 2.67. The van der Waals surface area contributed by atoms with Crippen LogP contribution in [0.1, 0.15) is 56.3 Å². The number of rotatable bonds is 4. The summed E-state index contributed by atoms with van der Waals surface area (Å²) in [5.74, 6) is 0.188. The van der Waals surface area contributed by atoms with E-state index < -0.39 is 10.0 Å². The van der Waals surface area contributed by atoms with Gasteiger partial charge in [-0.2, -0.15) is 4.31 Å². The summed E-state index contributed by atoms with van der Waals surface area (Å²) in [5, 5.41) is 0. The van der Waals surface area contributed by atoms with Gasteiger partial charge in [0, 0.05) is 37.3 Å². The quantitative estimate of drug-likeness (QED) is 0.852. The number of piperidine rings is 2. The van der Waals surface area contributed by atoms with Crippen molar-refractivity contribution in [3.63, 3.8) is 0 Å². The molecular weight excluding hydrogens is 362 g/mol. The molecule has 3 rings (SSSR count). The van der Waals surface area contributed by atoms with Crippen molar-refractivity contribution in [1.82, 2.24) is 9.21 Å². The van der Waals surface area contributed by atoms with Crippen LogP contribution in [-0.2, 0) is 10.0 Å². The predicted molar refractivity (Wildman–Crippen MR) is 106 cm³/mol. The molecular formula is C20H31N3O3S. The molecule has 6 nitrogen and oxygen atoms in total. The first-order valence-electron chi connectivity index (χ1n) is 9.97. The Bertz CT molecular complexity index is 778. The van der Waals surface area contributed by atoms with Crippen LogP contribution in [0.25, 0.3) is 0 Å². The summed E-state index contributed by atoms with van der Waals surface area (Å²) in [6, 6.07) is 6.55. The van der Waals surface area contributed by atoms with Crippen molar-refractivity contribution in [2.75, 3.05) is 19.6 Å². The number of carbonyl (C=O) groups excluding carboxylic acids is 1. The fraction of sp³-hybridized carbons (Fsp3) is 0.650. The molecule has 2 fully saturated rings. The molecule has 0 aromatic heterocycles. The second-order valence-electron chi connectivity index (χ2n) is 8.00. The second kappa shape index (κ2) is 8.29. The SMILES string of the molecule is CC(N)C1CCCN(C(=O)c2cccc(S(=O)(=O)N3CCCCC3C)c2)C1. The molecule has 0 spiro atoms. The maximum absolute atomic E-state index is 13.1. The zero-order valence-corrected chi connectivity index (χ0v) is 17.1. The van der Waals surface area contributed by atoms with Crippen LogP contribution in [0.5, 0.6) is 0 Å². The van der Waals surface area contributed by atoms with Gasteiger partial charge in [0.25, 0.3) is 5.91 Å². The van der Waals surface area contributed by atoms with Crippen molar-refractivity contribution in [2.45, 2.75) is 62.9 Å². The molecule has 1 aromatic carbocycles. The lowest BCUT2D eigenvalue weighted by molar-refractivity contribution is 0.0660. The Morgan fingerprint density at radius 1 is 1.19 bits per heavy atom. The van der Waals surface area contributed by atoms with Gasteiger partial charge in [0.2, 0.25) is 10.0 Å². The van der Waals surface area contributed by atoms with E-state index in [1.165, 1.54) is 6.07 Å². The minimum absolute atomic E-state index is 0.00278. The molecule has 2 saturated heterocycles. The lowest BCUT2D eigenvalue weighted by Crippen LogP contribution is -2.45. The molecule has 2 heterocycles. The van der Waals surface area contributed by atoms with E-state index in [1.54, 1.807) is 22.5 Å². The third kappa shape index (κ3) is 4.36. The molecule has 0 saturated carbocycles. The largest absolute Gasteiger partial charge is 0.338 e. The summed E-state index contributed by atoms with van der Waals surface area (Å²) in [6.07, 6.45) is 4.78. The Morgan fingerprint density at radius 3 is 2.67 bits per heavy atom. The minimum Gasteiger partial charge on any atom is -0.338 e. The van der Waals surface area contributed by atoms with Crippen molar-refractivity contribution in [2.24, 2.45) is 11.7 Å². The number of hydrogen-bond donors (Lipinski definition) is 1. The first kappa shape index (κ1) is 20.3. The van der Waals surface area contributed by atoms with Gasteiger partial charge in [-0.25, -0.2) is 8.42 Å². The highest BCUT2D eigenvalue weighted by atomic mass is 32.2.